The molecule has 184 valence electrons. The molecule has 1 unspecified atom stereocenters. The number of alkyl halides is 6. The van der Waals surface area contributed by atoms with Crippen molar-refractivity contribution in [1.29, 1.82) is 0 Å². The Labute approximate surface area is 197 Å². The summed E-state index contributed by atoms with van der Waals surface area (Å²) in [6, 6.07) is 13.1. The van der Waals surface area contributed by atoms with E-state index in [-0.39, 0.29) is 11.1 Å². The fourth-order valence-electron chi connectivity index (χ4n) is 3.32. The van der Waals surface area contributed by atoms with E-state index in [4.69, 9.17) is 0 Å². The first-order valence-corrected chi connectivity index (χ1v) is 10.2. The number of likely N-dealkylation sites (N-methyl/N-ethyl adjacent to an activating group) is 1. The maximum atomic E-state index is 13.1. The van der Waals surface area contributed by atoms with E-state index in [1.807, 2.05) is 0 Å². The van der Waals surface area contributed by atoms with Gasteiger partial charge in [0.05, 0.1) is 11.1 Å². The van der Waals surface area contributed by atoms with Crippen LogP contribution in [0.1, 0.15) is 33.1 Å². The summed E-state index contributed by atoms with van der Waals surface area (Å²) in [4.78, 5) is 26.6. The Balaban J connectivity index is 1.83. The minimum atomic E-state index is -4.63. The minimum Gasteiger partial charge on any atom is -0.347 e. The van der Waals surface area contributed by atoms with Gasteiger partial charge in [0.25, 0.3) is 5.91 Å². The lowest BCUT2D eigenvalue weighted by Gasteiger charge is -2.23. The molecule has 4 nitrogen and oxygen atoms in total. The second-order valence-electron chi connectivity index (χ2n) is 7.91. The average Bonchev–Trinajstić information content (AvgIpc) is 2.81. The van der Waals surface area contributed by atoms with E-state index in [2.05, 4.69) is 5.32 Å². The molecule has 1 atom stereocenters. The molecule has 3 aromatic rings. The quantitative estimate of drug-likeness (QED) is 0.446. The lowest BCUT2D eigenvalue weighted by atomic mass is 10.0. The van der Waals surface area contributed by atoms with Gasteiger partial charge in [-0.05, 0) is 53.1 Å². The van der Waals surface area contributed by atoms with E-state index in [1.54, 1.807) is 0 Å². The Bertz CT molecular complexity index is 1200. The molecule has 10 heteroatoms. The molecular formula is C25H20F6N2O2. The zero-order valence-electron chi connectivity index (χ0n) is 18.5. The summed E-state index contributed by atoms with van der Waals surface area (Å²) in [6.45, 7) is 0. The van der Waals surface area contributed by atoms with Gasteiger partial charge in [0, 0.05) is 19.7 Å². The first-order valence-electron chi connectivity index (χ1n) is 10.2. The standard InChI is InChI=1S/C25H20F6N2O2/c1-33(2)23(35)21(18-4-3-5-20(14-18)25(29,30)31)32-22(34)17-8-6-15(7-9-17)16-10-12-19(13-11-16)24(26,27)28/h3-14,21H,1-2H3,(H,32,34). The lowest BCUT2D eigenvalue weighted by molar-refractivity contribution is -0.138. The van der Waals surface area contributed by atoms with Gasteiger partial charge in [-0.3, -0.25) is 9.59 Å². The summed E-state index contributed by atoms with van der Waals surface area (Å²) >= 11 is 0. The zero-order chi connectivity index (χ0) is 26.0. The van der Waals surface area contributed by atoms with E-state index in [0.717, 1.165) is 35.2 Å². The van der Waals surface area contributed by atoms with Crippen molar-refractivity contribution in [3.05, 3.63) is 95.1 Å². The molecule has 3 rings (SSSR count). The van der Waals surface area contributed by atoms with Gasteiger partial charge >= 0.3 is 12.4 Å². The molecule has 35 heavy (non-hydrogen) atoms. The molecular weight excluding hydrogens is 474 g/mol. The summed E-state index contributed by atoms with van der Waals surface area (Å²) in [6.07, 6.45) is -9.08. The Kier molecular flexibility index (Phi) is 7.23. The second kappa shape index (κ2) is 9.81. The van der Waals surface area contributed by atoms with Crippen molar-refractivity contribution in [1.82, 2.24) is 10.2 Å². The number of benzene rings is 3. The van der Waals surface area contributed by atoms with E-state index < -0.39 is 41.3 Å². The zero-order valence-corrected chi connectivity index (χ0v) is 18.5. The summed E-state index contributed by atoms with van der Waals surface area (Å²) in [7, 11) is 2.82. The van der Waals surface area contributed by atoms with Crippen LogP contribution in [0.5, 0.6) is 0 Å². The third-order valence-electron chi connectivity index (χ3n) is 5.20. The summed E-state index contributed by atoms with van der Waals surface area (Å²) in [5.41, 5.74) is -0.619. The topological polar surface area (TPSA) is 49.4 Å². The van der Waals surface area contributed by atoms with Crippen LogP contribution in [0.2, 0.25) is 0 Å². The van der Waals surface area contributed by atoms with E-state index in [1.165, 1.54) is 56.6 Å². The van der Waals surface area contributed by atoms with E-state index in [0.29, 0.717) is 11.1 Å². The van der Waals surface area contributed by atoms with Crippen LogP contribution in [0.4, 0.5) is 26.3 Å². The summed E-state index contributed by atoms with van der Waals surface area (Å²) in [5, 5.41) is 2.47. The molecule has 0 spiro atoms. The molecule has 0 radical (unpaired) electrons. The Hall–Kier alpha value is -3.82. The number of rotatable bonds is 5. The fourth-order valence-corrected chi connectivity index (χ4v) is 3.32. The van der Waals surface area contributed by atoms with Crippen molar-refractivity contribution in [2.75, 3.05) is 14.1 Å². The average molecular weight is 494 g/mol. The highest BCUT2D eigenvalue weighted by molar-refractivity contribution is 5.98. The van der Waals surface area contributed by atoms with Gasteiger partial charge in [-0.2, -0.15) is 26.3 Å². The Morgan fingerprint density at radius 3 is 1.74 bits per heavy atom. The van der Waals surface area contributed by atoms with E-state index >= 15 is 0 Å². The van der Waals surface area contributed by atoms with Crippen molar-refractivity contribution >= 4 is 11.8 Å². The number of hydrogen-bond donors (Lipinski definition) is 1. The van der Waals surface area contributed by atoms with E-state index in [9.17, 15) is 35.9 Å². The van der Waals surface area contributed by atoms with Crippen molar-refractivity contribution in [3.63, 3.8) is 0 Å². The first kappa shape index (κ1) is 25.8. The highest BCUT2D eigenvalue weighted by Crippen LogP contribution is 2.32. The molecule has 3 aromatic carbocycles. The molecule has 0 aliphatic carbocycles. The minimum absolute atomic E-state index is 0.0340. The SMILES string of the molecule is CN(C)C(=O)C(NC(=O)c1ccc(-c2ccc(C(F)(F)F)cc2)cc1)c1cccc(C(F)(F)F)c1. The second-order valence-corrected chi connectivity index (χ2v) is 7.91. The highest BCUT2D eigenvalue weighted by Gasteiger charge is 2.33. The molecule has 0 saturated carbocycles. The predicted molar refractivity (Wildman–Crippen MR) is 117 cm³/mol. The molecule has 0 bridgehead atoms. The van der Waals surface area contributed by atoms with Crippen LogP contribution in [0.25, 0.3) is 11.1 Å². The maximum Gasteiger partial charge on any atom is 0.416 e. The van der Waals surface area contributed by atoms with Gasteiger partial charge in [-0.15, -0.1) is 0 Å². The van der Waals surface area contributed by atoms with Crippen molar-refractivity contribution in [3.8, 4) is 11.1 Å². The molecule has 0 aliphatic rings. The molecule has 0 heterocycles. The number of amides is 2. The first-order chi connectivity index (χ1) is 16.3. The molecule has 0 aliphatic heterocycles. The predicted octanol–water partition coefficient (Wildman–Crippen LogP) is 5.95. The smallest absolute Gasteiger partial charge is 0.347 e. The Morgan fingerprint density at radius 2 is 1.26 bits per heavy atom. The third kappa shape index (κ3) is 6.20. The number of carbonyl (C=O) groups excluding carboxylic acids is 2. The Morgan fingerprint density at radius 1 is 0.743 bits per heavy atom. The van der Waals surface area contributed by atoms with Gasteiger partial charge in [0.2, 0.25) is 5.91 Å². The van der Waals surface area contributed by atoms with Crippen LogP contribution < -0.4 is 5.32 Å². The number of carbonyl (C=O) groups is 2. The number of nitrogens with zero attached hydrogens (tertiary/aromatic N) is 1. The summed E-state index contributed by atoms with van der Waals surface area (Å²) < 4.78 is 77.7. The van der Waals surface area contributed by atoms with Crippen LogP contribution in [0.3, 0.4) is 0 Å². The highest BCUT2D eigenvalue weighted by atomic mass is 19.4. The molecule has 1 N–H and O–H groups in total. The van der Waals surface area contributed by atoms with Crippen LogP contribution in [-0.2, 0) is 17.1 Å². The van der Waals surface area contributed by atoms with Gasteiger partial charge in [-0.1, -0.05) is 36.4 Å². The monoisotopic (exact) mass is 494 g/mol. The lowest BCUT2D eigenvalue weighted by Crippen LogP contribution is -2.40. The van der Waals surface area contributed by atoms with Gasteiger partial charge in [0.15, 0.2) is 0 Å². The molecule has 0 aromatic heterocycles. The van der Waals surface area contributed by atoms with Gasteiger partial charge < -0.3 is 10.2 Å². The maximum absolute atomic E-state index is 13.1. The van der Waals surface area contributed by atoms with Gasteiger partial charge in [0.1, 0.15) is 6.04 Å². The molecule has 0 saturated heterocycles. The number of nitrogens with one attached hydrogen (secondary N) is 1. The molecule has 2 amide bonds. The van der Waals surface area contributed by atoms with Crippen molar-refractivity contribution in [2.45, 2.75) is 18.4 Å². The summed E-state index contributed by atoms with van der Waals surface area (Å²) in [5.74, 6) is -1.33. The van der Waals surface area contributed by atoms with Crippen molar-refractivity contribution in [2.24, 2.45) is 0 Å². The number of hydrogen-bond acceptors (Lipinski definition) is 2. The number of halogens is 6. The van der Waals surface area contributed by atoms with Crippen molar-refractivity contribution < 1.29 is 35.9 Å². The normalized spacial score (nSPS) is 12.7. The molecule has 0 fully saturated rings. The van der Waals surface area contributed by atoms with Gasteiger partial charge in [-0.25, -0.2) is 0 Å². The van der Waals surface area contributed by atoms with Crippen LogP contribution in [-0.4, -0.2) is 30.8 Å². The van der Waals surface area contributed by atoms with Crippen LogP contribution >= 0.6 is 0 Å². The van der Waals surface area contributed by atoms with Crippen LogP contribution in [0.15, 0.2) is 72.8 Å². The largest absolute Gasteiger partial charge is 0.416 e. The third-order valence-corrected chi connectivity index (χ3v) is 5.20. The van der Waals surface area contributed by atoms with Crippen LogP contribution in [0, 0.1) is 0 Å². The fraction of sp³-hybridized carbons (Fsp3) is 0.200.